The van der Waals surface area contributed by atoms with Gasteiger partial charge in [0.15, 0.2) is 0 Å². The largest absolute Gasteiger partial charge is 0.377 e. The molecule has 1 aromatic heterocycles. The van der Waals surface area contributed by atoms with E-state index in [0.717, 1.165) is 29.8 Å². The fraction of sp³-hybridized carbons (Fsp3) is 0.467. The van der Waals surface area contributed by atoms with Gasteiger partial charge in [0.2, 0.25) is 5.95 Å². The first-order valence-electron chi connectivity index (χ1n) is 7.07. The lowest BCUT2D eigenvalue weighted by atomic mass is 10.2. The predicted molar refractivity (Wildman–Crippen MR) is 83.3 cm³/mol. The number of para-hydroxylation sites is 1. The molecule has 0 aliphatic carbocycles. The first kappa shape index (κ1) is 14.5. The van der Waals surface area contributed by atoms with Crippen molar-refractivity contribution < 1.29 is 4.74 Å². The molecular formula is C15H22N4O. The molecule has 0 atom stereocenters. The van der Waals surface area contributed by atoms with Gasteiger partial charge in [-0.3, -0.25) is 0 Å². The van der Waals surface area contributed by atoms with Crippen LogP contribution in [0.3, 0.4) is 0 Å². The molecule has 2 rings (SSSR count). The van der Waals surface area contributed by atoms with Gasteiger partial charge in [0.25, 0.3) is 0 Å². The van der Waals surface area contributed by atoms with Crippen LogP contribution < -0.4 is 10.6 Å². The van der Waals surface area contributed by atoms with Crippen molar-refractivity contribution in [3.63, 3.8) is 0 Å². The molecule has 0 spiro atoms. The molecule has 2 aromatic rings. The number of hydrogen-bond donors (Lipinski definition) is 2. The van der Waals surface area contributed by atoms with E-state index in [1.54, 1.807) is 0 Å². The minimum Gasteiger partial charge on any atom is -0.377 e. The Bertz CT molecular complexity index is 557. The van der Waals surface area contributed by atoms with E-state index in [-0.39, 0.29) is 6.10 Å². The van der Waals surface area contributed by atoms with Crippen molar-refractivity contribution >= 4 is 22.7 Å². The summed E-state index contributed by atoms with van der Waals surface area (Å²) in [5, 5.41) is 7.51. The average molecular weight is 274 g/mol. The topological polar surface area (TPSA) is 59.1 Å². The van der Waals surface area contributed by atoms with E-state index in [9.17, 15) is 0 Å². The Morgan fingerprint density at radius 3 is 2.70 bits per heavy atom. The van der Waals surface area contributed by atoms with Gasteiger partial charge >= 0.3 is 0 Å². The highest BCUT2D eigenvalue weighted by Gasteiger charge is 2.06. The number of aromatic nitrogens is 2. The summed E-state index contributed by atoms with van der Waals surface area (Å²) in [5.41, 5.74) is 0.936. The molecule has 0 bridgehead atoms. The summed E-state index contributed by atoms with van der Waals surface area (Å²) >= 11 is 0. The normalized spacial score (nSPS) is 11.0. The van der Waals surface area contributed by atoms with Crippen molar-refractivity contribution in [2.24, 2.45) is 0 Å². The van der Waals surface area contributed by atoms with Crippen molar-refractivity contribution in [2.45, 2.75) is 26.9 Å². The smallest absolute Gasteiger partial charge is 0.225 e. The van der Waals surface area contributed by atoms with E-state index < -0.39 is 0 Å². The first-order valence-corrected chi connectivity index (χ1v) is 7.07. The first-order chi connectivity index (χ1) is 9.70. The minimum absolute atomic E-state index is 0.247. The van der Waals surface area contributed by atoms with Crippen molar-refractivity contribution in [1.82, 2.24) is 9.97 Å². The molecule has 0 amide bonds. The minimum atomic E-state index is 0.247. The molecule has 0 aliphatic rings. The van der Waals surface area contributed by atoms with Crippen LogP contribution in [0.15, 0.2) is 24.3 Å². The molecule has 0 unspecified atom stereocenters. The van der Waals surface area contributed by atoms with Crippen LogP contribution in [0.5, 0.6) is 0 Å². The Labute approximate surface area is 119 Å². The fourth-order valence-corrected chi connectivity index (χ4v) is 1.91. The number of nitrogens with zero attached hydrogens (tertiary/aromatic N) is 2. The van der Waals surface area contributed by atoms with E-state index in [2.05, 4.69) is 20.6 Å². The third-order valence-electron chi connectivity index (χ3n) is 2.78. The highest BCUT2D eigenvalue weighted by atomic mass is 16.5. The quantitative estimate of drug-likeness (QED) is 0.760. The second kappa shape index (κ2) is 7.05. The Hall–Kier alpha value is -1.88. The van der Waals surface area contributed by atoms with E-state index in [4.69, 9.17) is 4.74 Å². The number of rotatable bonds is 7. The summed E-state index contributed by atoms with van der Waals surface area (Å²) in [4.78, 5) is 9.01. The molecule has 5 nitrogen and oxygen atoms in total. The molecule has 5 heteroatoms. The zero-order chi connectivity index (χ0) is 14.4. The van der Waals surface area contributed by atoms with Gasteiger partial charge in [0.05, 0.1) is 18.2 Å². The monoisotopic (exact) mass is 274 g/mol. The van der Waals surface area contributed by atoms with Gasteiger partial charge in [-0.2, -0.15) is 4.98 Å². The van der Waals surface area contributed by atoms with Crippen LogP contribution in [0.1, 0.15) is 20.8 Å². The van der Waals surface area contributed by atoms with E-state index in [0.29, 0.717) is 12.6 Å². The highest BCUT2D eigenvalue weighted by Crippen LogP contribution is 2.21. The standard InChI is InChI=1S/C15H22N4O/c1-4-16-15-18-13-8-6-5-7-12(13)14(19-15)17-9-10-20-11(2)3/h5-8,11H,4,9-10H2,1-3H3,(H2,16,17,18,19). The maximum atomic E-state index is 5.53. The molecule has 0 saturated carbocycles. The molecule has 0 aliphatic heterocycles. The van der Waals surface area contributed by atoms with Gasteiger partial charge in [-0.15, -0.1) is 0 Å². The molecule has 0 saturated heterocycles. The summed E-state index contributed by atoms with van der Waals surface area (Å²) < 4.78 is 5.53. The van der Waals surface area contributed by atoms with Gasteiger partial charge in [0, 0.05) is 18.5 Å². The fourth-order valence-electron chi connectivity index (χ4n) is 1.91. The highest BCUT2D eigenvalue weighted by molar-refractivity contribution is 5.89. The van der Waals surface area contributed by atoms with E-state index in [1.807, 2.05) is 45.0 Å². The van der Waals surface area contributed by atoms with Crippen molar-refractivity contribution in [2.75, 3.05) is 30.3 Å². The number of fused-ring (bicyclic) bond motifs is 1. The lowest BCUT2D eigenvalue weighted by Gasteiger charge is -2.12. The molecule has 0 fully saturated rings. The summed E-state index contributed by atoms with van der Waals surface area (Å²) in [5.74, 6) is 1.50. The number of ether oxygens (including phenoxy) is 1. The Morgan fingerprint density at radius 2 is 1.95 bits per heavy atom. The molecule has 2 N–H and O–H groups in total. The average Bonchev–Trinajstić information content (AvgIpc) is 2.43. The Kier molecular flexibility index (Phi) is 5.12. The van der Waals surface area contributed by atoms with E-state index >= 15 is 0 Å². The molecule has 20 heavy (non-hydrogen) atoms. The van der Waals surface area contributed by atoms with Gasteiger partial charge in [0.1, 0.15) is 5.82 Å². The molecular weight excluding hydrogens is 252 g/mol. The second-order valence-electron chi connectivity index (χ2n) is 4.79. The number of nitrogens with one attached hydrogen (secondary N) is 2. The zero-order valence-electron chi connectivity index (χ0n) is 12.3. The molecule has 108 valence electrons. The lowest BCUT2D eigenvalue weighted by Crippen LogP contribution is -2.15. The van der Waals surface area contributed by atoms with Gasteiger partial charge in [-0.25, -0.2) is 4.98 Å². The Morgan fingerprint density at radius 1 is 1.15 bits per heavy atom. The van der Waals surface area contributed by atoms with E-state index in [1.165, 1.54) is 0 Å². The maximum Gasteiger partial charge on any atom is 0.225 e. The summed E-state index contributed by atoms with van der Waals surface area (Å²) in [7, 11) is 0. The van der Waals surface area contributed by atoms with Crippen molar-refractivity contribution in [1.29, 1.82) is 0 Å². The van der Waals surface area contributed by atoms with Crippen LogP contribution in [0.4, 0.5) is 11.8 Å². The van der Waals surface area contributed by atoms with Crippen LogP contribution in [-0.4, -0.2) is 35.8 Å². The molecule has 1 aromatic carbocycles. The second-order valence-corrected chi connectivity index (χ2v) is 4.79. The maximum absolute atomic E-state index is 5.53. The number of anilines is 2. The van der Waals surface area contributed by atoms with Gasteiger partial charge in [-0.1, -0.05) is 12.1 Å². The third-order valence-corrected chi connectivity index (χ3v) is 2.78. The van der Waals surface area contributed by atoms with Crippen LogP contribution >= 0.6 is 0 Å². The van der Waals surface area contributed by atoms with Crippen molar-refractivity contribution in [3.05, 3.63) is 24.3 Å². The summed E-state index contributed by atoms with van der Waals surface area (Å²) in [6.07, 6.45) is 0.247. The Balaban J connectivity index is 2.16. The number of hydrogen-bond acceptors (Lipinski definition) is 5. The zero-order valence-corrected chi connectivity index (χ0v) is 12.3. The number of benzene rings is 1. The SMILES string of the molecule is CCNc1nc(NCCOC(C)C)c2ccccc2n1. The molecule has 1 heterocycles. The van der Waals surface area contributed by atoms with Gasteiger partial charge in [-0.05, 0) is 32.9 Å². The van der Waals surface area contributed by atoms with Crippen LogP contribution in [0, 0.1) is 0 Å². The summed E-state index contributed by atoms with van der Waals surface area (Å²) in [6.45, 7) is 8.28. The van der Waals surface area contributed by atoms with Crippen LogP contribution in [-0.2, 0) is 4.74 Å². The van der Waals surface area contributed by atoms with Crippen molar-refractivity contribution in [3.8, 4) is 0 Å². The summed E-state index contributed by atoms with van der Waals surface area (Å²) in [6, 6.07) is 8.00. The van der Waals surface area contributed by atoms with Crippen LogP contribution in [0.25, 0.3) is 10.9 Å². The lowest BCUT2D eigenvalue weighted by molar-refractivity contribution is 0.0870. The van der Waals surface area contributed by atoms with Gasteiger partial charge < -0.3 is 15.4 Å². The third kappa shape index (κ3) is 3.81. The molecule has 0 radical (unpaired) electrons. The predicted octanol–water partition coefficient (Wildman–Crippen LogP) is 2.90. The van der Waals surface area contributed by atoms with Crippen LogP contribution in [0.2, 0.25) is 0 Å².